The lowest BCUT2D eigenvalue weighted by Gasteiger charge is -2.13. The van der Waals surface area contributed by atoms with Crippen LogP contribution >= 0.6 is 11.8 Å². The van der Waals surface area contributed by atoms with E-state index in [0.717, 1.165) is 22.6 Å². The van der Waals surface area contributed by atoms with Gasteiger partial charge in [0.25, 0.3) is 0 Å². The molecule has 0 aliphatic carbocycles. The number of rotatable bonds is 7. The van der Waals surface area contributed by atoms with Crippen molar-refractivity contribution in [3.8, 4) is 11.4 Å². The summed E-state index contributed by atoms with van der Waals surface area (Å²) in [6, 6.07) is 11.5. The van der Waals surface area contributed by atoms with Gasteiger partial charge in [-0.1, -0.05) is 35.5 Å². The van der Waals surface area contributed by atoms with Gasteiger partial charge in [-0.05, 0) is 38.1 Å². The van der Waals surface area contributed by atoms with Crippen molar-refractivity contribution in [1.82, 2.24) is 19.7 Å². The SMILES string of the molecule is C=CCn1c(S[C@@H](C)C(=O)Nc2ccc(C)cc2)nnc1-c1ccncc1. The first-order chi connectivity index (χ1) is 13.1. The molecule has 7 heteroatoms. The molecule has 2 heterocycles. The van der Waals surface area contributed by atoms with Crippen LogP contribution in [-0.2, 0) is 11.3 Å². The summed E-state index contributed by atoms with van der Waals surface area (Å²) < 4.78 is 1.95. The number of thioether (sulfide) groups is 1. The molecule has 3 rings (SSSR count). The molecular weight excluding hydrogens is 358 g/mol. The zero-order valence-corrected chi connectivity index (χ0v) is 16.1. The monoisotopic (exact) mass is 379 g/mol. The number of carbonyl (C=O) groups excluding carboxylic acids is 1. The molecule has 2 aromatic heterocycles. The highest BCUT2D eigenvalue weighted by molar-refractivity contribution is 8.00. The molecule has 0 fully saturated rings. The third-order valence-electron chi connectivity index (χ3n) is 3.94. The average molecular weight is 379 g/mol. The lowest BCUT2D eigenvalue weighted by molar-refractivity contribution is -0.115. The molecule has 1 atom stereocenters. The molecule has 0 spiro atoms. The largest absolute Gasteiger partial charge is 0.325 e. The smallest absolute Gasteiger partial charge is 0.237 e. The van der Waals surface area contributed by atoms with E-state index in [1.807, 2.05) is 54.8 Å². The van der Waals surface area contributed by atoms with Crippen LogP contribution in [0.25, 0.3) is 11.4 Å². The number of pyridine rings is 1. The number of carbonyl (C=O) groups is 1. The van der Waals surface area contributed by atoms with Crippen molar-refractivity contribution in [2.45, 2.75) is 30.8 Å². The maximum absolute atomic E-state index is 12.5. The third-order valence-corrected chi connectivity index (χ3v) is 5.02. The second-order valence-electron chi connectivity index (χ2n) is 6.06. The van der Waals surface area contributed by atoms with Gasteiger partial charge >= 0.3 is 0 Å². The summed E-state index contributed by atoms with van der Waals surface area (Å²) in [6.45, 7) is 8.23. The van der Waals surface area contributed by atoms with Gasteiger partial charge in [0.05, 0.1) is 5.25 Å². The van der Waals surface area contributed by atoms with Crippen molar-refractivity contribution in [2.24, 2.45) is 0 Å². The van der Waals surface area contributed by atoms with Crippen LogP contribution in [-0.4, -0.2) is 30.9 Å². The van der Waals surface area contributed by atoms with Gasteiger partial charge in [0.15, 0.2) is 11.0 Å². The maximum atomic E-state index is 12.5. The van der Waals surface area contributed by atoms with E-state index in [1.54, 1.807) is 18.5 Å². The summed E-state index contributed by atoms with van der Waals surface area (Å²) in [5, 5.41) is 11.9. The molecule has 0 saturated heterocycles. The fraction of sp³-hybridized carbons (Fsp3) is 0.200. The van der Waals surface area contributed by atoms with Crippen molar-refractivity contribution in [1.29, 1.82) is 0 Å². The molecule has 138 valence electrons. The Labute approximate surface area is 162 Å². The fourth-order valence-corrected chi connectivity index (χ4v) is 3.33. The first-order valence-electron chi connectivity index (χ1n) is 8.57. The molecule has 6 nitrogen and oxygen atoms in total. The molecule has 0 aliphatic heterocycles. The maximum Gasteiger partial charge on any atom is 0.237 e. The van der Waals surface area contributed by atoms with Crippen LogP contribution in [0.5, 0.6) is 0 Å². The van der Waals surface area contributed by atoms with Crippen molar-refractivity contribution < 1.29 is 4.79 Å². The van der Waals surface area contributed by atoms with Crippen LogP contribution < -0.4 is 5.32 Å². The summed E-state index contributed by atoms with van der Waals surface area (Å²) in [7, 11) is 0. The molecule has 0 unspecified atom stereocenters. The highest BCUT2D eigenvalue weighted by Gasteiger charge is 2.20. The fourth-order valence-electron chi connectivity index (χ4n) is 2.48. The van der Waals surface area contributed by atoms with Gasteiger partial charge in [0, 0.05) is 30.2 Å². The normalized spacial score (nSPS) is 11.8. The number of amides is 1. The lowest BCUT2D eigenvalue weighted by atomic mass is 10.2. The zero-order valence-electron chi connectivity index (χ0n) is 15.3. The number of hydrogen-bond donors (Lipinski definition) is 1. The van der Waals surface area contributed by atoms with Gasteiger partial charge < -0.3 is 5.32 Å². The molecule has 0 radical (unpaired) electrons. The second kappa shape index (κ2) is 8.64. The molecule has 3 aromatic rings. The van der Waals surface area contributed by atoms with Gasteiger partial charge in [0.1, 0.15) is 0 Å². The molecule has 0 bridgehead atoms. The van der Waals surface area contributed by atoms with Crippen molar-refractivity contribution in [3.05, 3.63) is 67.0 Å². The van der Waals surface area contributed by atoms with Crippen LogP contribution in [0.3, 0.4) is 0 Å². The number of hydrogen-bond acceptors (Lipinski definition) is 5. The first-order valence-corrected chi connectivity index (χ1v) is 9.45. The Morgan fingerprint density at radius 2 is 1.93 bits per heavy atom. The minimum Gasteiger partial charge on any atom is -0.325 e. The lowest BCUT2D eigenvalue weighted by Crippen LogP contribution is -2.23. The number of aromatic nitrogens is 4. The van der Waals surface area contributed by atoms with Gasteiger partial charge in [0.2, 0.25) is 5.91 Å². The third kappa shape index (κ3) is 4.62. The number of anilines is 1. The second-order valence-corrected chi connectivity index (χ2v) is 7.36. The van der Waals surface area contributed by atoms with E-state index < -0.39 is 0 Å². The Bertz CT molecular complexity index is 921. The summed E-state index contributed by atoms with van der Waals surface area (Å²) >= 11 is 1.37. The zero-order chi connectivity index (χ0) is 19.2. The summed E-state index contributed by atoms with van der Waals surface area (Å²) in [6.07, 6.45) is 5.22. The van der Waals surface area contributed by atoms with Crippen LogP contribution in [0, 0.1) is 6.92 Å². The van der Waals surface area contributed by atoms with E-state index in [1.165, 1.54) is 11.8 Å². The van der Waals surface area contributed by atoms with Crippen LogP contribution in [0.2, 0.25) is 0 Å². The Morgan fingerprint density at radius 3 is 2.59 bits per heavy atom. The summed E-state index contributed by atoms with van der Waals surface area (Å²) in [5.74, 6) is 0.647. The van der Waals surface area contributed by atoms with Gasteiger partial charge in [-0.3, -0.25) is 14.3 Å². The van der Waals surface area contributed by atoms with Crippen molar-refractivity contribution >= 4 is 23.4 Å². The number of allylic oxidation sites excluding steroid dienone is 1. The average Bonchev–Trinajstić information content (AvgIpc) is 3.07. The highest BCUT2D eigenvalue weighted by atomic mass is 32.2. The topological polar surface area (TPSA) is 72.7 Å². The minimum atomic E-state index is -0.329. The Morgan fingerprint density at radius 1 is 1.22 bits per heavy atom. The van der Waals surface area contributed by atoms with E-state index in [-0.39, 0.29) is 11.2 Å². The Hall–Kier alpha value is -2.93. The van der Waals surface area contributed by atoms with Crippen molar-refractivity contribution in [3.63, 3.8) is 0 Å². The Balaban J connectivity index is 1.76. The molecule has 0 aliphatic rings. The Kier molecular flexibility index (Phi) is 6.03. The predicted molar refractivity (Wildman–Crippen MR) is 109 cm³/mol. The van der Waals surface area contributed by atoms with Crippen LogP contribution in [0.1, 0.15) is 12.5 Å². The van der Waals surface area contributed by atoms with Gasteiger partial charge in [-0.25, -0.2) is 0 Å². The van der Waals surface area contributed by atoms with Gasteiger partial charge in [-0.2, -0.15) is 0 Å². The number of aryl methyl sites for hydroxylation is 1. The summed E-state index contributed by atoms with van der Waals surface area (Å²) in [5.41, 5.74) is 2.85. The molecule has 1 aromatic carbocycles. The molecule has 27 heavy (non-hydrogen) atoms. The van der Waals surface area contributed by atoms with E-state index in [9.17, 15) is 4.79 Å². The van der Waals surface area contributed by atoms with Crippen LogP contribution in [0.4, 0.5) is 5.69 Å². The van der Waals surface area contributed by atoms with E-state index in [0.29, 0.717) is 11.7 Å². The first kappa shape index (κ1) is 18.8. The van der Waals surface area contributed by atoms with E-state index in [4.69, 9.17) is 0 Å². The number of nitrogens with zero attached hydrogens (tertiary/aromatic N) is 4. The molecular formula is C20H21N5OS. The predicted octanol–water partition coefficient (Wildman–Crippen LogP) is 3.95. The van der Waals surface area contributed by atoms with E-state index >= 15 is 0 Å². The highest BCUT2D eigenvalue weighted by Crippen LogP contribution is 2.27. The summed E-state index contributed by atoms with van der Waals surface area (Å²) in [4.78, 5) is 16.6. The molecule has 0 saturated carbocycles. The standard InChI is InChI=1S/C20H21N5OS/c1-4-13-25-18(16-9-11-21-12-10-16)23-24-20(25)27-15(3)19(26)22-17-7-5-14(2)6-8-17/h4-12,15H,1,13H2,2-3H3,(H,22,26)/t15-/m0/s1. The quantitative estimate of drug-likeness (QED) is 0.497. The molecule has 1 N–H and O–H groups in total. The van der Waals surface area contributed by atoms with Crippen LogP contribution in [0.15, 0.2) is 66.6 Å². The number of nitrogens with one attached hydrogen (secondary N) is 1. The number of benzene rings is 1. The van der Waals surface area contributed by atoms with E-state index in [2.05, 4.69) is 27.1 Å². The van der Waals surface area contributed by atoms with Gasteiger partial charge in [-0.15, -0.1) is 16.8 Å². The molecule has 1 amide bonds. The van der Waals surface area contributed by atoms with Crippen molar-refractivity contribution in [2.75, 3.05) is 5.32 Å². The minimum absolute atomic E-state index is 0.0810.